The van der Waals surface area contributed by atoms with Crippen LogP contribution in [0.5, 0.6) is 0 Å². The predicted octanol–water partition coefficient (Wildman–Crippen LogP) is 0.529. The van der Waals surface area contributed by atoms with Gasteiger partial charge in [-0.05, 0) is 13.0 Å². The summed E-state index contributed by atoms with van der Waals surface area (Å²) < 4.78 is 5.22. The van der Waals surface area contributed by atoms with Crippen molar-refractivity contribution < 1.29 is 19.4 Å². The Kier molecular flexibility index (Phi) is 5.57. The molecule has 2 saturated heterocycles. The zero-order valence-electron chi connectivity index (χ0n) is 16.2. The number of aromatic nitrogens is 3. The Morgan fingerprint density at radius 2 is 2.00 bits per heavy atom. The molecule has 2 fully saturated rings. The lowest BCUT2D eigenvalue weighted by molar-refractivity contribution is -0.135. The van der Waals surface area contributed by atoms with E-state index in [2.05, 4.69) is 15.0 Å². The fourth-order valence-electron chi connectivity index (χ4n) is 4.08. The normalized spacial score (nSPS) is 23.4. The van der Waals surface area contributed by atoms with Crippen LogP contribution in [0.2, 0.25) is 0 Å². The third kappa shape index (κ3) is 3.75. The average Bonchev–Trinajstić information content (AvgIpc) is 3.45. The smallest absolute Gasteiger partial charge is 0.273 e. The largest absolute Gasteiger partial charge is 0.396 e. The van der Waals surface area contributed by atoms with Crippen LogP contribution < -0.4 is 0 Å². The lowest BCUT2D eigenvalue weighted by Gasteiger charge is -2.27. The first-order chi connectivity index (χ1) is 14.1. The third-order valence-corrected chi connectivity index (χ3v) is 6.46. The fourth-order valence-corrected chi connectivity index (χ4v) is 4.81. The summed E-state index contributed by atoms with van der Waals surface area (Å²) in [6.45, 7) is 4.17. The molecule has 0 spiro atoms. The minimum atomic E-state index is -0.487. The summed E-state index contributed by atoms with van der Waals surface area (Å²) in [5.41, 5.74) is -0.131. The van der Waals surface area contributed by atoms with Gasteiger partial charge in [0.15, 0.2) is 10.8 Å². The topological polar surface area (TPSA) is 109 Å². The zero-order valence-corrected chi connectivity index (χ0v) is 17.0. The molecule has 2 aliphatic heterocycles. The Morgan fingerprint density at radius 1 is 1.28 bits per heavy atom. The van der Waals surface area contributed by atoms with Gasteiger partial charge in [0.05, 0.1) is 6.61 Å². The quantitative estimate of drug-likeness (QED) is 0.730. The monoisotopic (exact) mass is 417 g/mol. The molecule has 10 heteroatoms. The van der Waals surface area contributed by atoms with Gasteiger partial charge < -0.3 is 19.6 Å². The van der Waals surface area contributed by atoms with Gasteiger partial charge in [0, 0.05) is 61.9 Å². The van der Waals surface area contributed by atoms with Crippen LogP contribution in [0.15, 0.2) is 23.8 Å². The van der Waals surface area contributed by atoms with E-state index in [9.17, 15) is 14.7 Å². The first-order valence-corrected chi connectivity index (χ1v) is 10.4. The second kappa shape index (κ2) is 8.13. The third-order valence-electron chi connectivity index (χ3n) is 5.62. The predicted molar refractivity (Wildman–Crippen MR) is 105 cm³/mol. The van der Waals surface area contributed by atoms with Gasteiger partial charge in [0.1, 0.15) is 12.3 Å². The molecule has 2 aromatic rings. The summed E-state index contributed by atoms with van der Waals surface area (Å²) in [6, 6.07) is 1.73. The second-order valence-corrected chi connectivity index (χ2v) is 8.28. The van der Waals surface area contributed by atoms with Crippen molar-refractivity contribution in [2.45, 2.75) is 6.92 Å². The molecule has 9 nitrogen and oxygen atoms in total. The Bertz CT molecular complexity index is 892. The number of carbonyl (C=O) groups is 2. The molecule has 2 aromatic heterocycles. The first kappa shape index (κ1) is 19.9. The zero-order chi connectivity index (χ0) is 20.4. The number of aliphatic hydroxyl groups is 1. The number of fused-ring (bicyclic) bond motifs is 1. The summed E-state index contributed by atoms with van der Waals surface area (Å²) in [5, 5.41) is 12.4. The van der Waals surface area contributed by atoms with Crippen LogP contribution in [0.1, 0.15) is 17.4 Å². The molecule has 154 valence electrons. The Balaban J connectivity index is 1.44. The van der Waals surface area contributed by atoms with Gasteiger partial charge in [-0.15, -0.1) is 11.3 Å². The number of carbonyl (C=O) groups excluding carboxylic acids is 2. The van der Waals surface area contributed by atoms with Crippen LogP contribution in [0.25, 0.3) is 10.8 Å². The average molecular weight is 417 g/mol. The second-order valence-electron chi connectivity index (χ2n) is 7.42. The van der Waals surface area contributed by atoms with Crippen LogP contribution in [0.4, 0.5) is 0 Å². The van der Waals surface area contributed by atoms with Crippen molar-refractivity contribution in [1.29, 1.82) is 0 Å². The Labute approximate surface area is 172 Å². The van der Waals surface area contributed by atoms with Crippen LogP contribution in [0.3, 0.4) is 0 Å². The Morgan fingerprint density at radius 3 is 2.69 bits per heavy atom. The number of hydrogen-bond acceptors (Lipinski definition) is 8. The van der Waals surface area contributed by atoms with Gasteiger partial charge in [0.2, 0.25) is 5.91 Å². The van der Waals surface area contributed by atoms with E-state index in [0.717, 1.165) is 0 Å². The maximum Gasteiger partial charge on any atom is 0.273 e. The van der Waals surface area contributed by atoms with Gasteiger partial charge in [-0.1, -0.05) is 0 Å². The lowest BCUT2D eigenvalue weighted by Crippen LogP contribution is -2.41. The van der Waals surface area contributed by atoms with E-state index < -0.39 is 5.41 Å². The van der Waals surface area contributed by atoms with Gasteiger partial charge in [0.25, 0.3) is 5.91 Å². The molecule has 0 radical (unpaired) electrons. The van der Waals surface area contributed by atoms with Gasteiger partial charge >= 0.3 is 0 Å². The maximum atomic E-state index is 13.0. The van der Waals surface area contributed by atoms with Crippen molar-refractivity contribution in [1.82, 2.24) is 24.8 Å². The molecule has 0 bridgehead atoms. The fraction of sp³-hybridized carbons (Fsp3) is 0.526. The summed E-state index contributed by atoms with van der Waals surface area (Å²) in [5.74, 6) is 0.291. The van der Waals surface area contributed by atoms with Crippen LogP contribution in [-0.2, 0) is 9.53 Å². The SMILES string of the molecule is CCOCC(=O)N1CC2CN(C(=O)c3csc(-c4ncccn4)n3)CC2(CO)C1. The van der Waals surface area contributed by atoms with E-state index >= 15 is 0 Å². The molecule has 2 aliphatic rings. The number of ether oxygens (including phenoxy) is 1. The summed E-state index contributed by atoms with van der Waals surface area (Å²) in [4.78, 5) is 41.5. The first-order valence-electron chi connectivity index (χ1n) is 9.55. The molecule has 2 unspecified atom stereocenters. The number of thiazole rings is 1. The van der Waals surface area contributed by atoms with Gasteiger partial charge in [-0.2, -0.15) is 0 Å². The minimum absolute atomic E-state index is 0.0394. The molecule has 0 saturated carbocycles. The van der Waals surface area contributed by atoms with E-state index in [-0.39, 0.29) is 30.9 Å². The molecule has 4 rings (SSSR count). The summed E-state index contributed by atoms with van der Waals surface area (Å²) in [6.07, 6.45) is 3.27. The molecular weight excluding hydrogens is 394 g/mol. The van der Waals surface area contributed by atoms with Crippen molar-refractivity contribution in [3.63, 3.8) is 0 Å². The number of nitrogens with zero attached hydrogens (tertiary/aromatic N) is 5. The molecule has 0 aliphatic carbocycles. The number of likely N-dealkylation sites (tertiary alicyclic amines) is 2. The number of rotatable bonds is 6. The van der Waals surface area contributed by atoms with Crippen molar-refractivity contribution in [3.8, 4) is 10.8 Å². The molecule has 29 heavy (non-hydrogen) atoms. The highest BCUT2D eigenvalue weighted by Gasteiger charge is 2.54. The van der Waals surface area contributed by atoms with Crippen molar-refractivity contribution in [2.75, 3.05) is 46.0 Å². The van der Waals surface area contributed by atoms with Crippen LogP contribution in [0, 0.1) is 11.3 Å². The molecule has 0 aromatic carbocycles. The molecule has 2 atom stereocenters. The number of aliphatic hydroxyl groups excluding tert-OH is 1. The standard InChI is InChI=1S/C19H23N5O4S/c1-2-28-8-15(26)23-6-13-7-24(11-19(13,10-23)12-25)18(27)14-9-29-17(22-14)16-20-4-3-5-21-16/h3-5,9,13,25H,2,6-8,10-12H2,1H3. The summed E-state index contributed by atoms with van der Waals surface area (Å²) >= 11 is 1.33. The van der Waals surface area contributed by atoms with E-state index in [0.29, 0.717) is 49.3 Å². The van der Waals surface area contributed by atoms with Crippen LogP contribution >= 0.6 is 11.3 Å². The van der Waals surface area contributed by atoms with Gasteiger partial charge in [-0.25, -0.2) is 15.0 Å². The van der Waals surface area contributed by atoms with Gasteiger partial charge in [-0.3, -0.25) is 9.59 Å². The maximum absolute atomic E-state index is 13.0. The van der Waals surface area contributed by atoms with Crippen molar-refractivity contribution in [2.24, 2.45) is 11.3 Å². The molecule has 4 heterocycles. The highest BCUT2D eigenvalue weighted by atomic mass is 32.1. The van der Waals surface area contributed by atoms with E-state index in [1.807, 2.05) is 6.92 Å². The van der Waals surface area contributed by atoms with Crippen LogP contribution in [-0.4, -0.2) is 87.7 Å². The molecule has 2 amide bonds. The minimum Gasteiger partial charge on any atom is -0.396 e. The van der Waals surface area contributed by atoms with E-state index in [1.54, 1.807) is 33.6 Å². The number of amides is 2. The number of hydrogen-bond donors (Lipinski definition) is 1. The molecule has 1 N–H and O–H groups in total. The molecular formula is C19H23N5O4S. The lowest BCUT2D eigenvalue weighted by atomic mass is 9.82. The van der Waals surface area contributed by atoms with Crippen molar-refractivity contribution >= 4 is 23.2 Å². The van der Waals surface area contributed by atoms with Crippen molar-refractivity contribution in [3.05, 3.63) is 29.5 Å². The Hall–Kier alpha value is -2.43. The highest BCUT2D eigenvalue weighted by molar-refractivity contribution is 7.13. The van der Waals surface area contributed by atoms with E-state index in [1.165, 1.54) is 11.3 Å². The highest BCUT2D eigenvalue weighted by Crippen LogP contribution is 2.42. The van der Waals surface area contributed by atoms with E-state index in [4.69, 9.17) is 4.74 Å². The summed E-state index contributed by atoms with van der Waals surface area (Å²) in [7, 11) is 0.